The minimum Gasteiger partial charge on any atom is -0.328 e. The lowest BCUT2D eigenvalue weighted by Gasteiger charge is -2.26. The molecule has 1 aliphatic rings. The molecule has 1 amide bonds. The number of nitrogens with one attached hydrogen (secondary N) is 2. The average Bonchev–Trinajstić information content (AvgIpc) is 1.94. The second-order valence-electron chi connectivity index (χ2n) is 2.35. The van der Waals surface area contributed by atoms with Gasteiger partial charge in [0, 0.05) is 13.1 Å². The fourth-order valence-electron chi connectivity index (χ4n) is 1.00. The highest BCUT2D eigenvalue weighted by Gasteiger charge is 2.15. The molecule has 0 atom stereocenters. The molecule has 0 spiro atoms. The van der Waals surface area contributed by atoms with Crippen LogP contribution in [0.2, 0.25) is 0 Å². The highest BCUT2D eigenvalue weighted by Crippen LogP contribution is 1.90. The summed E-state index contributed by atoms with van der Waals surface area (Å²) in [5.41, 5.74) is 0. The Balaban J connectivity index is 2.32. The molecule has 58 valence electrons. The SMILES string of the molecule is CNCN1CCNCC1=O. The summed E-state index contributed by atoms with van der Waals surface area (Å²) in [6.07, 6.45) is 0. The first-order valence-electron chi connectivity index (χ1n) is 3.47. The van der Waals surface area contributed by atoms with E-state index in [1.54, 1.807) is 4.90 Å². The lowest BCUT2D eigenvalue weighted by molar-refractivity contribution is -0.132. The van der Waals surface area contributed by atoms with Gasteiger partial charge in [-0.25, -0.2) is 0 Å². The number of amides is 1. The summed E-state index contributed by atoms with van der Waals surface area (Å²) < 4.78 is 0. The second-order valence-corrected chi connectivity index (χ2v) is 2.35. The minimum absolute atomic E-state index is 0.181. The van der Waals surface area contributed by atoms with E-state index in [1.807, 2.05) is 7.05 Å². The minimum atomic E-state index is 0.181. The molecule has 0 saturated carbocycles. The van der Waals surface area contributed by atoms with Crippen LogP contribution >= 0.6 is 0 Å². The zero-order valence-electron chi connectivity index (χ0n) is 6.18. The second kappa shape index (κ2) is 3.53. The number of nitrogens with zero attached hydrogens (tertiary/aromatic N) is 1. The van der Waals surface area contributed by atoms with Crippen molar-refractivity contribution in [2.24, 2.45) is 0 Å². The van der Waals surface area contributed by atoms with E-state index in [0.29, 0.717) is 13.2 Å². The Morgan fingerprint density at radius 2 is 2.60 bits per heavy atom. The fourth-order valence-corrected chi connectivity index (χ4v) is 1.00. The molecule has 1 aliphatic heterocycles. The van der Waals surface area contributed by atoms with Crippen LogP contribution in [0, 0.1) is 0 Å². The maximum absolute atomic E-state index is 11.0. The molecule has 0 unspecified atom stereocenters. The number of carbonyl (C=O) groups is 1. The van der Waals surface area contributed by atoms with Gasteiger partial charge in [-0.05, 0) is 7.05 Å². The summed E-state index contributed by atoms with van der Waals surface area (Å²) in [6.45, 7) is 2.88. The van der Waals surface area contributed by atoms with Crippen molar-refractivity contribution < 1.29 is 4.79 Å². The summed E-state index contributed by atoms with van der Waals surface area (Å²) >= 11 is 0. The molecular weight excluding hydrogens is 130 g/mol. The molecule has 4 nitrogen and oxygen atoms in total. The Kier molecular flexibility index (Phi) is 2.65. The Hall–Kier alpha value is -0.610. The molecule has 4 heteroatoms. The molecular formula is C6H13N3O. The Bertz CT molecular complexity index is 124. The van der Waals surface area contributed by atoms with Crippen LogP contribution in [0.15, 0.2) is 0 Å². The lowest BCUT2D eigenvalue weighted by atomic mass is 10.4. The normalized spacial score (nSPS) is 19.7. The van der Waals surface area contributed by atoms with E-state index in [4.69, 9.17) is 0 Å². The van der Waals surface area contributed by atoms with E-state index in [0.717, 1.165) is 13.1 Å². The van der Waals surface area contributed by atoms with Gasteiger partial charge in [-0.3, -0.25) is 4.79 Å². The Labute approximate surface area is 60.6 Å². The van der Waals surface area contributed by atoms with Crippen molar-refractivity contribution in [1.82, 2.24) is 15.5 Å². The number of hydrogen-bond acceptors (Lipinski definition) is 3. The summed E-state index contributed by atoms with van der Waals surface area (Å²) in [7, 11) is 1.84. The van der Waals surface area contributed by atoms with E-state index < -0.39 is 0 Å². The largest absolute Gasteiger partial charge is 0.328 e. The molecule has 1 heterocycles. The zero-order chi connectivity index (χ0) is 7.40. The maximum Gasteiger partial charge on any atom is 0.237 e. The van der Waals surface area contributed by atoms with Crippen molar-refractivity contribution in [2.45, 2.75) is 0 Å². The first-order chi connectivity index (χ1) is 4.84. The van der Waals surface area contributed by atoms with Gasteiger partial charge in [-0.1, -0.05) is 0 Å². The van der Waals surface area contributed by atoms with E-state index >= 15 is 0 Å². The van der Waals surface area contributed by atoms with Gasteiger partial charge in [0.2, 0.25) is 5.91 Å². The standard InChI is InChI=1S/C6H13N3O/c1-7-5-9-3-2-8-4-6(9)10/h7-8H,2-5H2,1H3. The van der Waals surface area contributed by atoms with Gasteiger partial charge in [-0.2, -0.15) is 0 Å². The molecule has 0 aromatic heterocycles. The van der Waals surface area contributed by atoms with E-state index in [-0.39, 0.29) is 5.91 Å². The molecule has 2 N–H and O–H groups in total. The van der Waals surface area contributed by atoms with Crippen molar-refractivity contribution in [3.8, 4) is 0 Å². The summed E-state index contributed by atoms with van der Waals surface area (Å²) in [4.78, 5) is 12.8. The van der Waals surface area contributed by atoms with Crippen molar-refractivity contribution >= 4 is 5.91 Å². The van der Waals surface area contributed by atoms with Crippen molar-refractivity contribution in [3.63, 3.8) is 0 Å². The van der Waals surface area contributed by atoms with Crippen LogP contribution in [-0.2, 0) is 4.79 Å². The zero-order valence-corrected chi connectivity index (χ0v) is 6.18. The van der Waals surface area contributed by atoms with Crippen molar-refractivity contribution in [2.75, 3.05) is 33.4 Å². The number of rotatable bonds is 2. The molecule has 0 bridgehead atoms. The molecule has 0 aromatic carbocycles. The third-order valence-electron chi connectivity index (χ3n) is 1.54. The van der Waals surface area contributed by atoms with E-state index in [9.17, 15) is 4.79 Å². The number of carbonyl (C=O) groups excluding carboxylic acids is 1. The van der Waals surface area contributed by atoms with Gasteiger partial charge in [0.1, 0.15) is 0 Å². The topological polar surface area (TPSA) is 44.4 Å². The predicted molar refractivity (Wildman–Crippen MR) is 38.5 cm³/mol. The summed E-state index contributed by atoms with van der Waals surface area (Å²) in [6, 6.07) is 0. The van der Waals surface area contributed by atoms with E-state index in [1.165, 1.54) is 0 Å². The van der Waals surface area contributed by atoms with Gasteiger partial charge in [0.05, 0.1) is 13.2 Å². The van der Waals surface area contributed by atoms with Crippen LogP contribution in [0.1, 0.15) is 0 Å². The fraction of sp³-hybridized carbons (Fsp3) is 0.833. The Morgan fingerprint density at radius 3 is 3.20 bits per heavy atom. The quantitative estimate of drug-likeness (QED) is 0.499. The van der Waals surface area contributed by atoms with Gasteiger partial charge in [0.25, 0.3) is 0 Å². The molecule has 1 fully saturated rings. The molecule has 0 aromatic rings. The third-order valence-corrected chi connectivity index (χ3v) is 1.54. The molecule has 0 aliphatic carbocycles. The van der Waals surface area contributed by atoms with Crippen LogP contribution in [-0.4, -0.2) is 44.2 Å². The highest BCUT2D eigenvalue weighted by molar-refractivity contribution is 5.78. The van der Waals surface area contributed by atoms with Gasteiger partial charge < -0.3 is 15.5 Å². The maximum atomic E-state index is 11.0. The lowest BCUT2D eigenvalue weighted by Crippen LogP contribution is -2.50. The molecule has 1 rings (SSSR count). The van der Waals surface area contributed by atoms with Crippen molar-refractivity contribution in [1.29, 1.82) is 0 Å². The van der Waals surface area contributed by atoms with Crippen LogP contribution < -0.4 is 10.6 Å². The molecule has 1 saturated heterocycles. The number of hydrogen-bond donors (Lipinski definition) is 2. The van der Waals surface area contributed by atoms with Crippen LogP contribution in [0.5, 0.6) is 0 Å². The van der Waals surface area contributed by atoms with Crippen LogP contribution in [0.4, 0.5) is 0 Å². The summed E-state index contributed by atoms with van der Waals surface area (Å²) in [5.74, 6) is 0.181. The van der Waals surface area contributed by atoms with Gasteiger partial charge in [0.15, 0.2) is 0 Å². The smallest absolute Gasteiger partial charge is 0.237 e. The number of piperazine rings is 1. The van der Waals surface area contributed by atoms with E-state index in [2.05, 4.69) is 10.6 Å². The van der Waals surface area contributed by atoms with Crippen LogP contribution in [0.3, 0.4) is 0 Å². The van der Waals surface area contributed by atoms with Crippen molar-refractivity contribution in [3.05, 3.63) is 0 Å². The third kappa shape index (κ3) is 1.68. The van der Waals surface area contributed by atoms with Gasteiger partial charge in [-0.15, -0.1) is 0 Å². The monoisotopic (exact) mass is 143 g/mol. The molecule has 10 heavy (non-hydrogen) atoms. The first-order valence-corrected chi connectivity index (χ1v) is 3.47. The molecule has 0 radical (unpaired) electrons. The summed E-state index contributed by atoms with van der Waals surface area (Å²) in [5, 5.41) is 5.95. The highest BCUT2D eigenvalue weighted by atomic mass is 16.2. The average molecular weight is 143 g/mol. The first kappa shape index (κ1) is 7.50. The van der Waals surface area contributed by atoms with Crippen LogP contribution in [0.25, 0.3) is 0 Å². The predicted octanol–water partition coefficient (Wildman–Crippen LogP) is -1.40. The van der Waals surface area contributed by atoms with Gasteiger partial charge >= 0.3 is 0 Å². The Morgan fingerprint density at radius 1 is 1.80 bits per heavy atom.